The number of nitrogen functional groups attached to an aromatic ring is 1. The van der Waals surface area contributed by atoms with Gasteiger partial charge in [-0.1, -0.05) is 0 Å². The minimum Gasteiger partial charge on any atom is -0.369 e. The van der Waals surface area contributed by atoms with Crippen LogP contribution in [-0.4, -0.2) is 37.3 Å². The van der Waals surface area contributed by atoms with Crippen molar-refractivity contribution < 1.29 is 0 Å². The van der Waals surface area contributed by atoms with Crippen LogP contribution in [0.15, 0.2) is 27.7 Å². The van der Waals surface area contributed by atoms with Crippen molar-refractivity contribution in [2.24, 2.45) is 32.6 Å². The zero-order chi connectivity index (χ0) is 20.0. The Morgan fingerprint density at radius 2 is 1.44 bits per heavy atom. The Balaban J connectivity index is 2.18. The van der Waals surface area contributed by atoms with Gasteiger partial charge in [-0.3, -0.25) is 5.43 Å². The highest BCUT2D eigenvalue weighted by atomic mass is 15.4. The SMILES string of the molecule is C/C(=N/Nc1ncc(/C(C)=N/N=C(N)N)c(C)n1)c1cnc(NN)nc1C. The smallest absolute Gasteiger partial charge is 0.243 e. The fourth-order valence-electron chi connectivity index (χ4n) is 2.15. The highest BCUT2D eigenvalue weighted by Crippen LogP contribution is 2.11. The number of hydrogen-bond acceptors (Lipinski definition) is 10. The Kier molecular flexibility index (Phi) is 6.27. The fraction of sp³-hybridized carbons (Fsp3) is 0.267. The molecule has 0 aliphatic carbocycles. The third-order valence-electron chi connectivity index (χ3n) is 3.51. The van der Waals surface area contributed by atoms with Gasteiger partial charge in [-0.05, 0) is 27.7 Å². The molecule has 0 aliphatic rings. The minimum atomic E-state index is -0.120. The maximum Gasteiger partial charge on any atom is 0.243 e. The minimum absolute atomic E-state index is 0.120. The molecule has 0 fully saturated rings. The van der Waals surface area contributed by atoms with Crippen molar-refractivity contribution in [1.82, 2.24) is 19.9 Å². The maximum atomic E-state index is 5.30. The molecule has 0 saturated carbocycles. The molecule has 0 saturated heterocycles. The topological polar surface area (TPSA) is 191 Å². The van der Waals surface area contributed by atoms with Crippen molar-refractivity contribution >= 4 is 29.3 Å². The van der Waals surface area contributed by atoms with Gasteiger partial charge in [-0.25, -0.2) is 31.2 Å². The first-order valence-corrected chi connectivity index (χ1v) is 7.90. The average Bonchev–Trinajstić information content (AvgIpc) is 2.64. The van der Waals surface area contributed by atoms with E-state index in [9.17, 15) is 0 Å². The first kappa shape index (κ1) is 19.7. The number of guanidine groups is 1. The average molecular weight is 370 g/mol. The van der Waals surface area contributed by atoms with Gasteiger partial charge in [0.05, 0.1) is 22.8 Å². The zero-order valence-electron chi connectivity index (χ0n) is 15.5. The number of hydrogen-bond donors (Lipinski definition) is 5. The van der Waals surface area contributed by atoms with E-state index in [2.05, 4.69) is 46.1 Å². The lowest BCUT2D eigenvalue weighted by molar-refractivity contribution is 1.05. The maximum absolute atomic E-state index is 5.30. The molecule has 0 radical (unpaired) electrons. The molecule has 0 spiro atoms. The van der Waals surface area contributed by atoms with Crippen LogP contribution in [0.3, 0.4) is 0 Å². The normalized spacial score (nSPS) is 11.9. The molecule has 0 bridgehead atoms. The van der Waals surface area contributed by atoms with Crippen LogP contribution in [0.1, 0.15) is 36.4 Å². The summed E-state index contributed by atoms with van der Waals surface area (Å²) in [6.07, 6.45) is 3.25. The third kappa shape index (κ3) is 5.15. The summed E-state index contributed by atoms with van der Waals surface area (Å²) in [5, 5.41) is 11.8. The second kappa shape index (κ2) is 8.62. The second-order valence-electron chi connectivity index (χ2n) is 5.55. The zero-order valence-corrected chi connectivity index (χ0v) is 15.5. The van der Waals surface area contributed by atoms with E-state index in [1.54, 1.807) is 19.3 Å². The number of hydrazone groups is 1. The monoisotopic (exact) mass is 370 g/mol. The highest BCUT2D eigenvalue weighted by Gasteiger charge is 2.08. The molecule has 0 atom stereocenters. The molecular formula is C15H22N12. The molecule has 0 amide bonds. The summed E-state index contributed by atoms with van der Waals surface area (Å²) in [7, 11) is 0. The highest BCUT2D eigenvalue weighted by molar-refractivity contribution is 6.00. The molecule has 2 aromatic rings. The Morgan fingerprint density at radius 3 is 2.00 bits per heavy atom. The van der Waals surface area contributed by atoms with E-state index in [4.69, 9.17) is 17.3 Å². The van der Waals surface area contributed by atoms with Gasteiger partial charge in [0.1, 0.15) is 0 Å². The number of nitrogens with two attached hydrogens (primary N) is 3. The molecule has 0 aromatic carbocycles. The van der Waals surface area contributed by atoms with E-state index < -0.39 is 0 Å². The van der Waals surface area contributed by atoms with Gasteiger partial charge in [-0.2, -0.15) is 10.2 Å². The van der Waals surface area contributed by atoms with Crippen molar-refractivity contribution in [3.05, 3.63) is 34.9 Å². The number of nitrogens with zero attached hydrogens (tertiary/aromatic N) is 7. The summed E-state index contributed by atoms with van der Waals surface area (Å²) in [5.41, 5.74) is 20.0. The van der Waals surface area contributed by atoms with E-state index >= 15 is 0 Å². The lowest BCUT2D eigenvalue weighted by Gasteiger charge is -2.08. The second-order valence-corrected chi connectivity index (χ2v) is 5.55. The Bertz CT molecular complexity index is 911. The number of aromatic nitrogens is 4. The summed E-state index contributed by atoms with van der Waals surface area (Å²) in [5.74, 6) is 5.85. The first-order valence-electron chi connectivity index (χ1n) is 7.90. The van der Waals surface area contributed by atoms with Crippen LogP contribution in [0.5, 0.6) is 0 Å². The molecule has 2 aromatic heterocycles. The van der Waals surface area contributed by atoms with Crippen LogP contribution in [0.2, 0.25) is 0 Å². The molecule has 0 unspecified atom stereocenters. The van der Waals surface area contributed by atoms with Crippen molar-refractivity contribution in [2.45, 2.75) is 27.7 Å². The Hall–Kier alpha value is -3.67. The standard InChI is InChI=1S/C15H22N12/c1-7-11(5-19-14(21-7)23-18)10(4)25-27-15-20-6-12(8(2)22-15)9(3)24-26-13(16)17/h5-6H,18H2,1-4H3,(H4,16,17,26)(H,19,21,23)(H,20,22,27)/b24-9+,25-10-. The molecule has 2 heterocycles. The molecule has 0 aliphatic heterocycles. The predicted molar refractivity (Wildman–Crippen MR) is 105 cm³/mol. The van der Waals surface area contributed by atoms with Crippen LogP contribution >= 0.6 is 0 Å². The summed E-state index contributed by atoms with van der Waals surface area (Å²) < 4.78 is 0. The lowest BCUT2D eigenvalue weighted by Crippen LogP contribution is -2.22. The number of rotatable bonds is 6. The Labute approximate surface area is 156 Å². The van der Waals surface area contributed by atoms with Gasteiger partial charge in [0.2, 0.25) is 17.9 Å². The van der Waals surface area contributed by atoms with Crippen LogP contribution in [-0.2, 0) is 0 Å². The summed E-state index contributed by atoms with van der Waals surface area (Å²) >= 11 is 0. The quantitative estimate of drug-likeness (QED) is 0.201. The van der Waals surface area contributed by atoms with Crippen LogP contribution in [0.25, 0.3) is 0 Å². The number of anilines is 2. The van der Waals surface area contributed by atoms with Gasteiger partial charge in [0.25, 0.3) is 0 Å². The summed E-state index contributed by atoms with van der Waals surface area (Å²) in [4.78, 5) is 16.9. The van der Waals surface area contributed by atoms with E-state index in [0.29, 0.717) is 29.0 Å². The molecule has 12 heteroatoms. The van der Waals surface area contributed by atoms with Gasteiger partial charge < -0.3 is 11.5 Å². The lowest BCUT2D eigenvalue weighted by atomic mass is 10.2. The van der Waals surface area contributed by atoms with Crippen LogP contribution < -0.4 is 28.2 Å². The molecular weight excluding hydrogens is 348 g/mol. The van der Waals surface area contributed by atoms with Crippen LogP contribution in [0.4, 0.5) is 11.9 Å². The van der Waals surface area contributed by atoms with E-state index in [1.807, 2.05) is 20.8 Å². The fourth-order valence-corrected chi connectivity index (χ4v) is 2.15. The van der Waals surface area contributed by atoms with Crippen LogP contribution in [0, 0.1) is 13.8 Å². The van der Waals surface area contributed by atoms with Crippen molar-refractivity contribution in [3.8, 4) is 0 Å². The number of aryl methyl sites for hydroxylation is 2. The first-order chi connectivity index (χ1) is 12.8. The van der Waals surface area contributed by atoms with Gasteiger partial charge in [0.15, 0.2) is 0 Å². The van der Waals surface area contributed by atoms with Gasteiger partial charge in [0, 0.05) is 23.5 Å². The van der Waals surface area contributed by atoms with Crippen molar-refractivity contribution in [1.29, 1.82) is 0 Å². The molecule has 12 nitrogen and oxygen atoms in total. The van der Waals surface area contributed by atoms with E-state index in [0.717, 1.165) is 16.8 Å². The predicted octanol–water partition coefficient (Wildman–Crippen LogP) is 0.00254. The van der Waals surface area contributed by atoms with Gasteiger partial charge >= 0.3 is 0 Å². The molecule has 2 rings (SSSR count). The third-order valence-corrected chi connectivity index (χ3v) is 3.51. The molecule has 27 heavy (non-hydrogen) atoms. The molecule has 142 valence electrons. The largest absolute Gasteiger partial charge is 0.369 e. The van der Waals surface area contributed by atoms with Crippen molar-refractivity contribution in [2.75, 3.05) is 10.9 Å². The summed E-state index contributed by atoms with van der Waals surface area (Å²) in [6.45, 7) is 7.24. The van der Waals surface area contributed by atoms with E-state index in [1.165, 1.54) is 0 Å². The molecule has 8 N–H and O–H groups in total. The number of hydrazine groups is 1. The van der Waals surface area contributed by atoms with Gasteiger partial charge in [-0.15, -0.1) is 5.10 Å². The van der Waals surface area contributed by atoms with Crippen molar-refractivity contribution in [3.63, 3.8) is 0 Å². The van der Waals surface area contributed by atoms with E-state index in [-0.39, 0.29) is 5.96 Å². The number of nitrogens with one attached hydrogen (secondary N) is 2. The summed E-state index contributed by atoms with van der Waals surface area (Å²) in [6, 6.07) is 0. The Morgan fingerprint density at radius 1 is 0.889 bits per heavy atom.